The van der Waals surface area contributed by atoms with E-state index in [0.717, 1.165) is 16.7 Å². The predicted molar refractivity (Wildman–Crippen MR) is 82.2 cm³/mol. The van der Waals surface area contributed by atoms with Crippen LogP contribution in [0.2, 0.25) is 0 Å². The summed E-state index contributed by atoms with van der Waals surface area (Å²) in [6, 6.07) is 8.23. The van der Waals surface area contributed by atoms with E-state index in [-0.39, 0.29) is 0 Å². The molecule has 0 saturated carbocycles. The van der Waals surface area contributed by atoms with Crippen LogP contribution in [0.3, 0.4) is 0 Å². The fourth-order valence-electron chi connectivity index (χ4n) is 2.54. The lowest BCUT2D eigenvalue weighted by Crippen LogP contribution is -2.38. The Kier molecular flexibility index (Phi) is 5.24. The average Bonchev–Trinajstić information content (AvgIpc) is 2.42. The highest BCUT2D eigenvalue weighted by atomic mass is 79.9. The number of hydrogen-bond acceptors (Lipinski definition) is 3. The molecule has 3 nitrogen and oxygen atoms in total. The molecule has 4 heteroatoms. The Hall–Kier alpha value is -1.05. The SMILES string of the molecule is CC(CN1CCCCC1)Nc1ccc(C#N)cc1Br. The van der Waals surface area contributed by atoms with Crippen LogP contribution in [0, 0.1) is 11.3 Å². The molecule has 19 heavy (non-hydrogen) atoms. The van der Waals surface area contributed by atoms with Crippen molar-refractivity contribution in [1.29, 1.82) is 5.26 Å². The Morgan fingerprint density at radius 3 is 2.74 bits per heavy atom. The molecular formula is C15H20BrN3. The van der Waals surface area contributed by atoms with E-state index in [4.69, 9.17) is 5.26 Å². The lowest BCUT2D eigenvalue weighted by atomic mass is 10.1. The second-order valence-corrected chi connectivity index (χ2v) is 6.07. The smallest absolute Gasteiger partial charge is 0.0992 e. The molecule has 1 N–H and O–H groups in total. The average molecular weight is 322 g/mol. The maximum atomic E-state index is 8.85. The number of piperidine rings is 1. The van der Waals surface area contributed by atoms with Crippen molar-refractivity contribution in [2.24, 2.45) is 0 Å². The summed E-state index contributed by atoms with van der Waals surface area (Å²) in [6.45, 7) is 5.73. The topological polar surface area (TPSA) is 39.1 Å². The van der Waals surface area contributed by atoms with Gasteiger partial charge < -0.3 is 10.2 Å². The molecule has 1 aliphatic heterocycles. The molecule has 1 fully saturated rings. The first kappa shape index (κ1) is 14.4. The minimum Gasteiger partial charge on any atom is -0.380 e. The fraction of sp³-hybridized carbons (Fsp3) is 0.533. The number of likely N-dealkylation sites (tertiary alicyclic amines) is 1. The monoisotopic (exact) mass is 321 g/mol. The van der Waals surface area contributed by atoms with E-state index >= 15 is 0 Å². The lowest BCUT2D eigenvalue weighted by Gasteiger charge is -2.29. The Balaban J connectivity index is 1.91. The summed E-state index contributed by atoms with van der Waals surface area (Å²) in [7, 11) is 0. The van der Waals surface area contributed by atoms with E-state index in [2.05, 4.69) is 39.1 Å². The quantitative estimate of drug-likeness (QED) is 0.920. The number of nitriles is 1. The molecule has 1 heterocycles. The van der Waals surface area contributed by atoms with Crippen LogP contribution >= 0.6 is 15.9 Å². The van der Waals surface area contributed by atoms with E-state index in [1.165, 1.54) is 32.4 Å². The normalized spacial score (nSPS) is 17.7. The first-order valence-electron chi connectivity index (χ1n) is 6.87. The minimum atomic E-state index is 0.405. The van der Waals surface area contributed by atoms with Crippen LogP contribution in [-0.4, -0.2) is 30.6 Å². The van der Waals surface area contributed by atoms with Crippen LogP contribution in [0.4, 0.5) is 5.69 Å². The molecule has 0 radical (unpaired) electrons. The number of rotatable bonds is 4. The third kappa shape index (κ3) is 4.22. The molecule has 2 rings (SSSR count). The first-order chi connectivity index (χ1) is 9.19. The van der Waals surface area contributed by atoms with Gasteiger partial charge in [-0.2, -0.15) is 5.26 Å². The number of anilines is 1. The zero-order valence-corrected chi connectivity index (χ0v) is 12.9. The molecule has 0 bridgehead atoms. The molecule has 1 saturated heterocycles. The third-order valence-electron chi connectivity index (χ3n) is 3.48. The van der Waals surface area contributed by atoms with Crippen LogP contribution in [-0.2, 0) is 0 Å². The number of halogens is 1. The summed E-state index contributed by atoms with van der Waals surface area (Å²) in [5.41, 5.74) is 1.74. The summed E-state index contributed by atoms with van der Waals surface area (Å²) in [6.07, 6.45) is 4.03. The van der Waals surface area contributed by atoms with Crippen LogP contribution in [0.5, 0.6) is 0 Å². The van der Waals surface area contributed by atoms with E-state index in [9.17, 15) is 0 Å². The van der Waals surface area contributed by atoms with Gasteiger partial charge in [-0.1, -0.05) is 6.42 Å². The highest BCUT2D eigenvalue weighted by molar-refractivity contribution is 9.10. The van der Waals surface area contributed by atoms with Crippen molar-refractivity contribution < 1.29 is 0 Å². The van der Waals surface area contributed by atoms with E-state index in [1.807, 2.05) is 18.2 Å². The summed E-state index contributed by atoms with van der Waals surface area (Å²) in [4.78, 5) is 2.53. The lowest BCUT2D eigenvalue weighted by molar-refractivity contribution is 0.223. The molecule has 0 aliphatic carbocycles. The van der Waals surface area contributed by atoms with Crippen molar-refractivity contribution in [3.05, 3.63) is 28.2 Å². The van der Waals surface area contributed by atoms with Crippen molar-refractivity contribution in [3.8, 4) is 6.07 Å². The van der Waals surface area contributed by atoms with Crippen molar-refractivity contribution in [2.45, 2.75) is 32.2 Å². The van der Waals surface area contributed by atoms with Gasteiger partial charge in [0.15, 0.2) is 0 Å². The largest absolute Gasteiger partial charge is 0.380 e. The van der Waals surface area contributed by atoms with Gasteiger partial charge in [0.25, 0.3) is 0 Å². The molecule has 1 unspecified atom stereocenters. The second-order valence-electron chi connectivity index (χ2n) is 5.21. The number of nitrogens with one attached hydrogen (secondary N) is 1. The highest BCUT2D eigenvalue weighted by Gasteiger charge is 2.14. The zero-order chi connectivity index (χ0) is 13.7. The molecule has 0 spiro atoms. The fourth-order valence-corrected chi connectivity index (χ4v) is 3.04. The van der Waals surface area contributed by atoms with Gasteiger partial charge in [0.1, 0.15) is 0 Å². The van der Waals surface area contributed by atoms with Crippen LogP contribution < -0.4 is 5.32 Å². The van der Waals surface area contributed by atoms with Crippen molar-refractivity contribution in [2.75, 3.05) is 25.0 Å². The van der Waals surface area contributed by atoms with E-state index in [1.54, 1.807) is 0 Å². The van der Waals surface area contributed by atoms with Gasteiger partial charge in [-0.25, -0.2) is 0 Å². The molecular weight excluding hydrogens is 302 g/mol. The Morgan fingerprint density at radius 2 is 2.11 bits per heavy atom. The van der Waals surface area contributed by atoms with Crippen molar-refractivity contribution in [1.82, 2.24) is 4.90 Å². The minimum absolute atomic E-state index is 0.405. The maximum Gasteiger partial charge on any atom is 0.0992 e. The third-order valence-corrected chi connectivity index (χ3v) is 4.14. The molecule has 1 atom stereocenters. The summed E-state index contributed by atoms with van der Waals surface area (Å²) in [5, 5.41) is 12.4. The second kappa shape index (κ2) is 6.93. The van der Waals surface area contributed by atoms with E-state index < -0.39 is 0 Å². The Morgan fingerprint density at radius 1 is 1.37 bits per heavy atom. The van der Waals surface area contributed by atoms with Gasteiger partial charge in [-0.15, -0.1) is 0 Å². The predicted octanol–water partition coefficient (Wildman–Crippen LogP) is 3.61. The summed E-state index contributed by atoms with van der Waals surface area (Å²) >= 11 is 3.51. The standard InChI is InChI=1S/C15H20BrN3/c1-12(11-19-7-3-2-4-8-19)18-15-6-5-13(10-17)9-14(15)16/h5-6,9,12,18H,2-4,7-8,11H2,1H3. The molecule has 1 aromatic carbocycles. The van der Waals surface area contributed by atoms with Gasteiger partial charge >= 0.3 is 0 Å². The summed E-state index contributed by atoms with van der Waals surface area (Å²) < 4.78 is 0.956. The molecule has 102 valence electrons. The van der Waals surface area contributed by atoms with Gasteiger partial charge in [0.05, 0.1) is 11.6 Å². The number of benzene rings is 1. The van der Waals surface area contributed by atoms with Gasteiger partial charge in [-0.3, -0.25) is 0 Å². The van der Waals surface area contributed by atoms with Crippen LogP contribution in [0.25, 0.3) is 0 Å². The summed E-state index contributed by atoms with van der Waals surface area (Å²) in [5.74, 6) is 0. The Bertz CT molecular complexity index is 461. The molecule has 0 amide bonds. The van der Waals surface area contributed by atoms with Gasteiger partial charge in [-0.05, 0) is 67.0 Å². The van der Waals surface area contributed by atoms with Crippen molar-refractivity contribution >= 4 is 21.6 Å². The highest BCUT2D eigenvalue weighted by Crippen LogP contribution is 2.24. The van der Waals surface area contributed by atoms with Crippen LogP contribution in [0.15, 0.2) is 22.7 Å². The van der Waals surface area contributed by atoms with Gasteiger partial charge in [0, 0.05) is 22.7 Å². The molecule has 1 aliphatic rings. The Labute approximate surface area is 123 Å². The maximum absolute atomic E-state index is 8.85. The van der Waals surface area contributed by atoms with Gasteiger partial charge in [0.2, 0.25) is 0 Å². The van der Waals surface area contributed by atoms with Crippen molar-refractivity contribution in [3.63, 3.8) is 0 Å². The first-order valence-corrected chi connectivity index (χ1v) is 7.67. The molecule has 1 aromatic rings. The number of hydrogen-bond donors (Lipinski definition) is 1. The number of nitrogens with zero attached hydrogens (tertiary/aromatic N) is 2. The molecule has 0 aromatic heterocycles. The van der Waals surface area contributed by atoms with E-state index in [0.29, 0.717) is 11.6 Å². The van der Waals surface area contributed by atoms with Crippen LogP contribution in [0.1, 0.15) is 31.7 Å². The zero-order valence-electron chi connectivity index (χ0n) is 11.3.